The third kappa shape index (κ3) is 9.90. The van der Waals surface area contributed by atoms with Crippen LogP contribution < -0.4 is 5.32 Å². The number of nitrogens with one attached hydrogen (secondary N) is 1. The van der Waals surface area contributed by atoms with Gasteiger partial charge in [0.25, 0.3) is 0 Å². The van der Waals surface area contributed by atoms with Crippen molar-refractivity contribution in [3.05, 3.63) is 0 Å². The maximum atomic E-state index is 3.57. The fourth-order valence-corrected chi connectivity index (χ4v) is 2.29. The Balaban J connectivity index is 3.55. The van der Waals surface area contributed by atoms with Gasteiger partial charge in [-0.3, -0.25) is 0 Å². The number of nitrogens with zero attached hydrogens (tertiary/aromatic N) is 1. The molecule has 2 nitrogen and oxygen atoms in total. The van der Waals surface area contributed by atoms with Crippen molar-refractivity contribution >= 4 is 0 Å². The largest absolute Gasteiger partial charge is 0.315 e. The summed E-state index contributed by atoms with van der Waals surface area (Å²) < 4.78 is 0. The lowest BCUT2D eigenvalue weighted by Gasteiger charge is -2.25. The molecule has 0 aromatic rings. The minimum Gasteiger partial charge on any atom is -0.315 e. The van der Waals surface area contributed by atoms with Crippen LogP contribution in [-0.4, -0.2) is 37.6 Å². The highest BCUT2D eigenvalue weighted by Crippen LogP contribution is 2.09. The maximum absolute atomic E-state index is 3.57. The lowest BCUT2D eigenvalue weighted by Crippen LogP contribution is -2.35. The molecular weight excluding hydrogens is 220 g/mol. The van der Waals surface area contributed by atoms with Gasteiger partial charge < -0.3 is 10.2 Å². The number of hydrogen-bond acceptors (Lipinski definition) is 2. The highest BCUT2D eigenvalue weighted by Gasteiger charge is 2.09. The fourth-order valence-electron chi connectivity index (χ4n) is 2.29. The van der Waals surface area contributed by atoms with E-state index in [4.69, 9.17) is 0 Å². The predicted molar refractivity (Wildman–Crippen MR) is 83.1 cm³/mol. The minimum absolute atomic E-state index is 0.841. The van der Waals surface area contributed by atoms with E-state index in [1.807, 2.05) is 0 Å². The summed E-state index contributed by atoms with van der Waals surface area (Å²) in [5.74, 6) is 1.72. The summed E-state index contributed by atoms with van der Waals surface area (Å²) in [6, 6.07) is 0. The molecule has 0 aromatic carbocycles. The Morgan fingerprint density at radius 3 is 2.17 bits per heavy atom. The van der Waals surface area contributed by atoms with Crippen LogP contribution in [0.2, 0.25) is 0 Å². The molecular formula is C16H36N2. The number of rotatable bonds is 12. The van der Waals surface area contributed by atoms with Gasteiger partial charge in [-0.15, -0.1) is 0 Å². The van der Waals surface area contributed by atoms with E-state index >= 15 is 0 Å². The Hall–Kier alpha value is -0.0800. The molecule has 0 saturated carbocycles. The fraction of sp³-hybridized carbons (Fsp3) is 1.00. The molecule has 0 amide bonds. The second kappa shape index (κ2) is 12.0. The number of likely N-dealkylation sites (N-methyl/N-ethyl adjacent to an activating group) is 1. The lowest BCUT2D eigenvalue weighted by molar-refractivity contribution is 0.233. The van der Waals surface area contributed by atoms with Crippen molar-refractivity contribution in [1.29, 1.82) is 0 Å². The molecule has 1 N–H and O–H groups in total. The Morgan fingerprint density at radius 2 is 1.67 bits per heavy atom. The molecule has 0 aromatic heterocycles. The van der Waals surface area contributed by atoms with Gasteiger partial charge in [0.1, 0.15) is 0 Å². The van der Waals surface area contributed by atoms with Crippen molar-refractivity contribution in [2.75, 3.05) is 32.7 Å². The summed E-state index contributed by atoms with van der Waals surface area (Å²) >= 11 is 0. The Bertz CT molecular complexity index is 164. The van der Waals surface area contributed by atoms with Gasteiger partial charge in [-0.1, -0.05) is 47.5 Å². The van der Waals surface area contributed by atoms with Gasteiger partial charge in [0.05, 0.1) is 0 Å². The Labute approximate surface area is 116 Å². The van der Waals surface area contributed by atoms with Gasteiger partial charge in [0.2, 0.25) is 0 Å². The molecule has 0 aliphatic rings. The monoisotopic (exact) mass is 256 g/mol. The molecule has 2 heteroatoms. The first kappa shape index (κ1) is 17.9. The zero-order valence-electron chi connectivity index (χ0n) is 13.5. The molecule has 0 atom stereocenters. The summed E-state index contributed by atoms with van der Waals surface area (Å²) in [4.78, 5) is 2.59. The quantitative estimate of drug-likeness (QED) is 0.535. The summed E-state index contributed by atoms with van der Waals surface area (Å²) in [6.07, 6.45) is 5.29. The van der Waals surface area contributed by atoms with Gasteiger partial charge >= 0.3 is 0 Å². The van der Waals surface area contributed by atoms with E-state index in [1.165, 1.54) is 51.9 Å². The molecule has 0 heterocycles. The third-order valence-electron chi connectivity index (χ3n) is 3.86. The maximum Gasteiger partial charge on any atom is 0.0107 e. The summed E-state index contributed by atoms with van der Waals surface area (Å²) in [5, 5.41) is 3.57. The van der Waals surface area contributed by atoms with E-state index in [0.717, 1.165) is 18.4 Å². The van der Waals surface area contributed by atoms with Crippen LogP contribution in [0.1, 0.15) is 60.3 Å². The van der Waals surface area contributed by atoms with Crippen molar-refractivity contribution in [2.45, 2.75) is 60.3 Å². The SMILES string of the molecule is CCC(CC)CN(CC)CCNCCCC(C)C. The van der Waals surface area contributed by atoms with E-state index in [0.29, 0.717) is 0 Å². The summed E-state index contributed by atoms with van der Waals surface area (Å²) in [5.41, 5.74) is 0. The van der Waals surface area contributed by atoms with Crippen LogP contribution in [0.4, 0.5) is 0 Å². The molecule has 0 aliphatic heterocycles. The van der Waals surface area contributed by atoms with E-state index < -0.39 is 0 Å². The first-order chi connectivity index (χ1) is 8.63. The molecule has 0 saturated heterocycles. The molecule has 0 spiro atoms. The summed E-state index contributed by atoms with van der Waals surface area (Å²) in [7, 11) is 0. The van der Waals surface area contributed by atoms with Crippen LogP contribution in [0, 0.1) is 11.8 Å². The topological polar surface area (TPSA) is 15.3 Å². The van der Waals surface area contributed by atoms with E-state index in [2.05, 4.69) is 44.8 Å². The van der Waals surface area contributed by atoms with Crippen LogP contribution in [0.15, 0.2) is 0 Å². The van der Waals surface area contributed by atoms with E-state index in [-0.39, 0.29) is 0 Å². The smallest absolute Gasteiger partial charge is 0.0107 e. The third-order valence-corrected chi connectivity index (χ3v) is 3.86. The second-order valence-electron chi connectivity index (χ2n) is 5.86. The van der Waals surface area contributed by atoms with Crippen LogP contribution in [0.25, 0.3) is 0 Å². The number of hydrogen-bond donors (Lipinski definition) is 1. The van der Waals surface area contributed by atoms with E-state index in [1.54, 1.807) is 0 Å². The van der Waals surface area contributed by atoms with Crippen molar-refractivity contribution in [3.8, 4) is 0 Å². The first-order valence-corrected chi connectivity index (χ1v) is 8.06. The van der Waals surface area contributed by atoms with Crippen LogP contribution in [0.5, 0.6) is 0 Å². The Morgan fingerprint density at radius 1 is 1.00 bits per heavy atom. The van der Waals surface area contributed by atoms with Gasteiger partial charge in [-0.2, -0.15) is 0 Å². The zero-order chi connectivity index (χ0) is 13.8. The molecule has 18 heavy (non-hydrogen) atoms. The molecule has 0 rings (SSSR count). The molecule has 0 fully saturated rings. The predicted octanol–water partition coefficient (Wildman–Crippen LogP) is 3.77. The van der Waals surface area contributed by atoms with Crippen LogP contribution in [-0.2, 0) is 0 Å². The molecule has 0 aliphatic carbocycles. The lowest BCUT2D eigenvalue weighted by atomic mass is 10.0. The van der Waals surface area contributed by atoms with Crippen molar-refractivity contribution in [3.63, 3.8) is 0 Å². The normalized spacial score (nSPS) is 12.0. The van der Waals surface area contributed by atoms with Gasteiger partial charge in [-0.05, 0) is 37.8 Å². The average Bonchev–Trinajstić information content (AvgIpc) is 2.37. The molecule has 0 unspecified atom stereocenters. The van der Waals surface area contributed by atoms with Crippen molar-refractivity contribution in [1.82, 2.24) is 10.2 Å². The second-order valence-corrected chi connectivity index (χ2v) is 5.86. The van der Waals surface area contributed by atoms with Crippen molar-refractivity contribution in [2.24, 2.45) is 11.8 Å². The van der Waals surface area contributed by atoms with Gasteiger partial charge in [0.15, 0.2) is 0 Å². The highest BCUT2D eigenvalue weighted by molar-refractivity contribution is 4.64. The first-order valence-electron chi connectivity index (χ1n) is 8.06. The summed E-state index contributed by atoms with van der Waals surface area (Å²) in [6.45, 7) is 17.5. The molecule has 0 bridgehead atoms. The van der Waals surface area contributed by atoms with Gasteiger partial charge in [-0.25, -0.2) is 0 Å². The van der Waals surface area contributed by atoms with Gasteiger partial charge in [0, 0.05) is 19.6 Å². The average molecular weight is 256 g/mol. The van der Waals surface area contributed by atoms with Crippen LogP contribution in [0.3, 0.4) is 0 Å². The minimum atomic E-state index is 0.841. The van der Waals surface area contributed by atoms with Crippen molar-refractivity contribution < 1.29 is 0 Å². The highest BCUT2D eigenvalue weighted by atomic mass is 15.1. The standard InChI is InChI=1S/C16H36N2/c1-6-16(7-2)14-18(8-3)13-12-17-11-9-10-15(4)5/h15-17H,6-14H2,1-5H3. The molecule has 0 radical (unpaired) electrons. The molecule has 110 valence electrons. The van der Waals surface area contributed by atoms with E-state index in [9.17, 15) is 0 Å². The Kier molecular flexibility index (Phi) is 11.9. The van der Waals surface area contributed by atoms with Crippen LogP contribution >= 0.6 is 0 Å². The zero-order valence-corrected chi connectivity index (χ0v) is 13.5.